The summed E-state index contributed by atoms with van der Waals surface area (Å²) in [7, 11) is 0. The van der Waals surface area contributed by atoms with Crippen LogP contribution in [0, 0.1) is 6.92 Å². The van der Waals surface area contributed by atoms with E-state index in [4.69, 9.17) is 27.9 Å². The van der Waals surface area contributed by atoms with Crippen molar-refractivity contribution in [1.82, 2.24) is 0 Å². The van der Waals surface area contributed by atoms with E-state index in [1.165, 1.54) is 0 Å². The van der Waals surface area contributed by atoms with Crippen molar-refractivity contribution in [1.29, 1.82) is 0 Å². The first kappa shape index (κ1) is 10.8. The summed E-state index contributed by atoms with van der Waals surface area (Å²) < 4.78 is 5.30. The highest BCUT2D eigenvalue weighted by Crippen LogP contribution is 2.19. The van der Waals surface area contributed by atoms with E-state index in [1.807, 2.05) is 12.1 Å². The highest BCUT2D eigenvalue weighted by Gasteiger charge is 1.97. The summed E-state index contributed by atoms with van der Waals surface area (Å²) in [5.41, 5.74) is 0.992. The molecule has 1 aromatic carbocycles. The van der Waals surface area contributed by atoms with Gasteiger partial charge in [0.25, 0.3) is 0 Å². The van der Waals surface area contributed by atoms with Gasteiger partial charge in [0.1, 0.15) is 0 Å². The molecule has 0 spiro atoms. The molecule has 0 aliphatic carbocycles. The fourth-order valence-corrected chi connectivity index (χ4v) is 1.56. The van der Waals surface area contributed by atoms with Crippen molar-refractivity contribution in [2.45, 2.75) is 13.0 Å². The fraction of sp³-hybridized carbons (Fsp3) is 0.300. The minimum Gasteiger partial charge on any atom is -0.377 e. The minimum atomic E-state index is 0.537. The largest absolute Gasteiger partial charge is 0.377 e. The van der Waals surface area contributed by atoms with Crippen LogP contribution in [0.3, 0.4) is 0 Å². The van der Waals surface area contributed by atoms with Crippen molar-refractivity contribution < 1.29 is 4.74 Å². The molecule has 0 saturated carbocycles. The number of hydrogen-bond acceptors (Lipinski definition) is 1. The Kier molecular flexibility index (Phi) is 4.57. The summed E-state index contributed by atoms with van der Waals surface area (Å²) >= 11 is 11.6. The zero-order valence-corrected chi connectivity index (χ0v) is 8.74. The third kappa shape index (κ3) is 3.99. The van der Waals surface area contributed by atoms with Gasteiger partial charge in [-0.2, -0.15) is 0 Å². The predicted octanol–water partition coefficient (Wildman–Crippen LogP) is 3.73. The van der Waals surface area contributed by atoms with Crippen LogP contribution in [0.2, 0.25) is 10.0 Å². The summed E-state index contributed by atoms with van der Waals surface area (Å²) in [6.45, 7) is 4.87. The fourth-order valence-electron chi connectivity index (χ4n) is 0.986. The van der Waals surface area contributed by atoms with E-state index in [-0.39, 0.29) is 0 Å². The first-order valence-corrected chi connectivity index (χ1v) is 4.80. The van der Waals surface area contributed by atoms with Crippen molar-refractivity contribution in [2.75, 3.05) is 6.61 Å². The molecule has 71 valence electrons. The van der Waals surface area contributed by atoms with Crippen molar-refractivity contribution in [3.05, 3.63) is 40.7 Å². The molecule has 0 saturated heterocycles. The highest BCUT2D eigenvalue weighted by atomic mass is 35.5. The van der Waals surface area contributed by atoms with Crippen LogP contribution in [0.4, 0.5) is 0 Å². The summed E-state index contributed by atoms with van der Waals surface area (Å²) in [5, 5.41) is 1.28. The van der Waals surface area contributed by atoms with Crippen LogP contribution in [0.25, 0.3) is 0 Å². The average Bonchev–Trinajstić information content (AvgIpc) is 2.03. The Morgan fingerprint density at radius 1 is 1.15 bits per heavy atom. The molecular weight excluding hydrogens is 207 g/mol. The van der Waals surface area contributed by atoms with Gasteiger partial charge in [-0.1, -0.05) is 30.1 Å². The summed E-state index contributed by atoms with van der Waals surface area (Å²) in [6.07, 6.45) is 0.772. The van der Waals surface area contributed by atoms with Gasteiger partial charge < -0.3 is 4.74 Å². The lowest BCUT2D eigenvalue weighted by Gasteiger charge is -2.03. The van der Waals surface area contributed by atoms with Gasteiger partial charge in [-0.05, 0) is 30.2 Å². The van der Waals surface area contributed by atoms with Gasteiger partial charge in [0.05, 0.1) is 6.61 Å². The molecule has 0 bridgehead atoms. The lowest BCUT2D eigenvalue weighted by atomic mass is 10.2. The Balaban J connectivity index is 2.56. The summed E-state index contributed by atoms with van der Waals surface area (Å²) in [4.78, 5) is 0. The summed E-state index contributed by atoms with van der Waals surface area (Å²) in [6, 6.07) is 5.39. The second kappa shape index (κ2) is 5.48. The third-order valence-electron chi connectivity index (χ3n) is 1.48. The van der Waals surface area contributed by atoms with Crippen LogP contribution in [-0.4, -0.2) is 6.61 Å². The van der Waals surface area contributed by atoms with Crippen molar-refractivity contribution in [2.24, 2.45) is 0 Å². The maximum Gasteiger partial charge on any atom is 0.0717 e. The molecule has 0 unspecified atom stereocenters. The first-order valence-electron chi connectivity index (χ1n) is 4.04. The first-order chi connectivity index (χ1) is 6.22. The molecule has 1 aromatic rings. The van der Waals surface area contributed by atoms with Gasteiger partial charge in [0.2, 0.25) is 0 Å². The molecule has 13 heavy (non-hydrogen) atoms. The second-order valence-corrected chi connectivity index (χ2v) is 3.56. The van der Waals surface area contributed by atoms with Crippen molar-refractivity contribution in [3.63, 3.8) is 0 Å². The number of benzene rings is 1. The number of halogens is 2. The maximum atomic E-state index is 5.81. The van der Waals surface area contributed by atoms with Gasteiger partial charge in [-0.3, -0.25) is 0 Å². The van der Waals surface area contributed by atoms with E-state index in [9.17, 15) is 0 Å². The van der Waals surface area contributed by atoms with E-state index in [1.54, 1.807) is 6.07 Å². The molecule has 1 radical (unpaired) electrons. The second-order valence-electron chi connectivity index (χ2n) is 2.68. The molecule has 3 heteroatoms. The van der Waals surface area contributed by atoms with E-state index < -0.39 is 0 Å². The van der Waals surface area contributed by atoms with Crippen LogP contribution in [-0.2, 0) is 11.3 Å². The molecule has 0 fully saturated rings. The van der Waals surface area contributed by atoms with Crippen LogP contribution in [0.1, 0.15) is 12.0 Å². The molecule has 0 amide bonds. The summed E-state index contributed by atoms with van der Waals surface area (Å²) in [5.74, 6) is 0. The zero-order chi connectivity index (χ0) is 9.68. The van der Waals surface area contributed by atoms with Crippen LogP contribution >= 0.6 is 23.2 Å². The lowest BCUT2D eigenvalue weighted by Crippen LogP contribution is -1.93. The Morgan fingerprint density at radius 3 is 2.31 bits per heavy atom. The Hall–Kier alpha value is -0.240. The molecule has 0 aromatic heterocycles. The monoisotopic (exact) mass is 217 g/mol. The Bertz CT molecular complexity index is 253. The smallest absolute Gasteiger partial charge is 0.0717 e. The predicted molar refractivity (Wildman–Crippen MR) is 56.1 cm³/mol. The van der Waals surface area contributed by atoms with Gasteiger partial charge >= 0.3 is 0 Å². The van der Waals surface area contributed by atoms with E-state index in [0.29, 0.717) is 23.3 Å². The van der Waals surface area contributed by atoms with Crippen molar-refractivity contribution in [3.8, 4) is 0 Å². The molecule has 0 heterocycles. The van der Waals surface area contributed by atoms with Crippen molar-refractivity contribution >= 4 is 23.2 Å². The third-order valence-corrected chi connectivity index (χ3v) is 1.92. The molecule has 0 atom stereocenters. The van der Waals surface area contributed by atoms with Crippen LogP contribution in [0.5, 0.6) is 0 Å². The minimum absolute atomic E-state index is 0.537. The normalized spacial score (nSPS) is 10.4. The zero-order valence-electron chi connectivity index (χ0n) is 7.22. The average molecular weight is 218 g/mol. The van der Waals surface area contributed by atoms with E-state index >= 15 is 0 Å². The molecule has 1 nitrogen and oxygen atoms in total. The molecule has 0 aliphatic heterocycles. The Morgan fingerprint density at radius 2 is 1.77 bits per heavy atom. The van der Waals surface area contributed by atoms with Crippen LogP contribution < -0.4 is 0 Å². The number of ether oxygens (including phenoxy) is 1. The van der Waals surface area contributed by atoms with Crippen LogP contribution in [0.15, 0.2) is 18.2 Å². The Labute approximate surface area is 88.6 Å². The van der Waals surface area contributed by atoms with Gasteiger partial charge in [-0.15, -0.1) is 0 Å². The topological polar surface area (TPSA) is 9.23 Å². The molecule has 0 N–H and O–H groups in total. The van der Waals surface area contributed by atoms with E-state index in [2.05, 4.69) is 6.92 Å². The lowest BCUT2D eigenvalue weighted by molar-refractivity contribution is 0.125. The molecule has 0 aliphatic rings. The number of rotatable bonds is 4. The molecule has 1 rings (SSSR count). The van der Waals surface area contributed by atoms with E-state index in [0.717, 1.165) is 12.0 Å². The quantitative estimate of drug-likeness (QED) is 0.699. The number of hydrogen-bond donors (Lipinski definition) is 0. The van der Waals surface area contributed by atoms with Gasteiger partial charge in [0.15, 0.2) is 0 Å². The maximum absolute atomic E-state index is 5.81. The highest BCUT2D eigenvalue weighted by molar-refractivity contribution is 6.34. The van der Waals surface area contributed by atoms with Gasteiger partial charge in [0, 0.05) is 16.7 Å². The standard InChI is InChI=1S/C10H11Cl2O/c1-2-3-13-7-8-4-9(11)6-10(12)5-8/h4-6H,1-3,7H2. The SMILES string of the molecule is [CH2]CCOCc1cc(Cl)cc(Cl)c1. The molecular formula is C10H11Cl2O. The van der Waals surface area contributed by atoms with Gasteiger partial charge in [-0.25, -0.2) is 0 Å².